The predicted molar refractivity (Wildman–Crippen MR) is 83.6 cm³/mol. The molecule has 1 aliphatic carbocycles. The van der Waals surface area contributed by atoms with Crippen molar-refractivity contribution in [2.75, 3.05) is 19.6 Å². The minimum atomic E-state index is -0.0806. The maximum absolute atomic E-state index is 13.3. The summed E-state index contributed by atoms with van der Waals surface area (Å²) < 4.78 is 0. The zero-order chi connectivity index (χ0) is 14.6. The van der Waals surface area contributed by atoms with Gasteiger partial charge in [0.2, 0.25) is 5.91 Å². The van der Waals surface area contributed by atoms with E-state index in [2.05, 4.69) is 31.0 Å². The van der Waals surface area contributed by atoms with E-state index in [0.717, 1.165) is 38.9 Å². The molecule has 1 saturated carbocycles. The molecule has 0 radical (unpaired) electrons. The van der Waals surface area contributed by atoms with Gasteiger partial charge < -0.3 is 10.2 Å². The summed E-state index contributed by atoms with van der Waals surface area (Å²) in [6.45, 7) is 9.61. The van der Waals surface area contributed by atoms with Gasteiger partial charge >= 0.3 is 0 Å². The number of hydrogen-bond donors (Lipinski definition) is 1. The molecule has 3 nitrogen and oxygen atoms in total. The SMILES string of the molecule is CCC1(C(=O)N(CC(C)C)C2CCCC2)CCNCC1. The Labute approximate surface area is 124 Å². The third kappa shape index (κ3) is 3.36. The lowest BCUT2D eigenvalue weighted by Crippen LogP contribution is -2.52. The molecule has 2 rings (SSSR count). The summed E-state index contributed by atoms with van der Waals surface area (Å²) in [5, 5.41) is 3.41. The quantitative estimate of drug-likeness (QED) is 0.839. The highest BCUT2D eigenvalue weighted by Gasteiger charge is 2.42. The lowest BCUT2D eigenvalue weighted by Gasteiger charge is -2.42. The average molecular weight is 280 g/mol. The van der Waals surface area contributed by atoms with E-state index in [1.165, 1.54) is 25.7 Å². The van der Waals surface area contributed by atoms with E-state index in [1.807, 2.05) is 0 Å². The van der Waals surface area contributed by atoms with Crippen molar-refractivity contribution in [1.29, 1.82) is 0 Å². The number of nitrogens with one attached hydrogen (secondary N) is 1. The van der Waals surface area contributed by atoms with Gasteiger partial charge in [-0.2, -0.15) is 0 Å². The topological polar surface area (TPSA) is 32.3 Å². The molecule has 0 spiro atoms. The first-order valence-corrected chi connectivity index (χ1v) is 8.61. The summed E-state index contributed by atoms with van der Waals surface area (Å²) in [6.07, 6.45) is 8.07. The molecule has 1 saturated heterocycles. The average Bonchev–Trinajstić information content (AvgIpc) is 2.98. The van der Waals surface area contributed by atoms with Gasteiger partial charge in [0.1, 0.15) is 0 Å². The number of nitrogens with zero attached hydrogens (tertiary/aromatic N) is 1. The Balaban J connectivity index is 2.14. The van der Waals surface area contributed by atoms with Crippen molar-refractivity contribution in [3.63, 3.8) is 0 Å². The number of carbonyl (C=O) groups excluding carboxylic acids is 1. The molecule has 1 aliphatic heterocycles. The summed E-state index contributed by atoms with van der Waals surface area (Å²) in [5.41, 5.74) is -0.0806. The molecule has 1 N–H and O–H groups in total. The highest BCUT2D eigenvalue weighted by Crippen LogP contribution is 2.37. The van der Waals surface area contributed by atoms with Gasteiger partial charge in [0.15, 0.2) is 0 Å². The summed E-state index contributed by atoms with van der Waals surface area (Å²) >= 11 is 0. The van der Waals surface area contributed by atoms with Gasteiger partial charge in [0.25, 0.3) is 0 Å². The van der Waals surface area contributed by atoms with Gasteiger partial charge in [-0.05, 0) is 51.1 Å². The molecule has 0 aromatic rings. The fraction of sp³-hybridized carbons (Fsp3) is 0.941. The zero-order valence-electron chi connectivity index (χ0n) is 13.6. The molecule has 2 fully saturated rings. The Kier molecular flexibility index (Phi) is 5.48. The van der Waals surface area contributed by atoms with Crippen LogP contribution in [0.2, 0.25) is 0 Å². The standard InChI is InChI=1S/C17H32N2O/c1-4-17(9-11-18-12-10-17)16(20)19(13-14(2)3)15-7-5-6-8-15/h14-15,18H,4-13H2,1-3H3. The minimum Gasteiger partial charge on any atom is -0.339 e. The van der Waals surface area contributed by atoms with Crippen LogP contribution >= 0.6 is 0 Å². The molecule has 0 aromatic carbocycles. The molecule has 0 aromatic heterocycles. The van der Waals surface area contributed by atoms with Crippen LogP contribution in [0.15, 0.2) is 0 Å². The van der Waals surface area contributed by atoms with Crippen molar-refractivity contribution < 1.29 is 4.79 Å². The number of amides is 1. The summed E-state index contributed by atoms with van der Waals surface area (Å²) in [7, 11) is 0. The normalized spacial score (nSPS) is 23.2. The largest absolute Gasteiger partial charge is 0.339 e. The van der Waals surface area contributed by atoms with Crippen molar-refractivity contribution in [3.05, 3.63) is 0 Å². The molecular weight excluding hydrogens is 248 g/mol. The molecule has 2 aliphatic rings. The molecule has 1 heterocycles. The van der Waals surface area contributed by atoms with Crippen molar-refractivity contribution in [2.45, 2.75) is 71.8 Å². The summed E-state index contributed by atoms with van der Waals surface area (Å²) in [6, 6.07) is 0.517. The van der Waals surface area contributed by atoms with E-state index >= 15 is 0 Å². The maximum atomic E-state index is 13.3. The molecule has 1 amide bonds. The van der Waals surface area contributed by atoms with E-state index in [9.17, 15) is 4.79 Å². The van der Waals surface area contributed by atoms with Crippen molar-refractivity contribution >= 4 is 5.91 Å². The Morgan fingerprint density at radius 1 is 1.25 bits per heavy atom. The molecular formula is C17H32N2O. The first-order chi connectivity index (χ1) is 9.59. The smallest absolute Gasteiger partial charge is 0.229 e. The Bertz CT molecular complexity index is 315. The van der Waals surface area contributed by atoms with Crippen LogP contribution in [0, 0.1) is 11.3 Å². The summed E-state index contributed by atoms with van der Waals surface area (Å²) in [4.78, 5) is 15.5. The van der Waals surface area contributed by atoms with Crippen LogP contribution in [0.3, 0.4) is 0 Å². The van der Waals surface area contributed by atoms with Crippen molar-refractivity contribution in [1.82, 2.24) is 10.2 Å². The van der Waals surface area contributed by atoms with Crippen LogP contribution in [0.1, 0.15) is 65.7 Å². The fourth-order valence-corrected chi connectivity index (χ4v) is 3.94. The number of hydrogen-bond acceptors (Lipinski definition) is 2. The highest BCUT2D eigenvalue weighted by atomic mass is 16.2. The number of piperidine rings is 1. The second kappa shape index (κ2) is 6.93. The number of rotatable bonds is 5. The maximum Gasteiger partial charge on any atom is 0.229 e. The summed E-state index contributed by atoms with van der Waals surface area (Å²) in [5.74, 6) is 1.03. The van der Waals surface area contributed by atoms with Crippen LogP contribution in [-0.2, 0) is 4.79 Å². The molecule has 0 atom stereocenters. The van der Waals surface area contributed by atoms with Crippen molar-refractivity contribution in [2.24, 2.45) is 11.3 Å². The van der Waals surface area contributed by atoms with Crippen LogP contribution < -0.4 is 5.32 Å². The number of carbonyl (C=O) groups is 1. The second-order valence-corrected chi connectivity index (χ2v) is 7.17. The van der Waals surface area contributed by atoms with E-state index in [-0.39, 0.29) is 5.41 Å². The Morgan fingerprint density at radius 3 is 2.35 bits per heavy atom. The lowest BCUT2D eigenvalue weighted by molar-refractivity contribution is -0.147. The van der Waals surface area contributed by atoms with E-state index < -0.39 is 0 Å². The third-order valence-corrected chi connectivity index (χ3v) is 5.28. The van der Waals surface area contributed by atoms with Gasteiger partial charge in [-0.3, -0.25) is 4.79 Å². The van der Waals surface area contributed by atoms with E-state index in [1.54, 1.807) is 0 Å². The molecule has 0 bridgehead atoms. The second-order valence-electron chi connectivity index (χ2n) is 7.17. The van der Waals surface area contributed by atoms with E-state index in [0.29, 0.717) is 17.9 Å². The highest BCUT2D eigenvalue weighted by molar-refractivity contribution is 5.83. The van der Waals surface area contributed by atoms with Gasteiger partial charge in [-0.1, -0.05) is 33.6 Å². The van der Waals surface area contributed by atoms with Crippen LogP contribution in [0.25, 0.3) is 0 Å². The van der Waals surface area contributed by atoms with Gasteiger partial charge in [0.05, 0.1) is 5.41 Å². The molecule has 3 heteroatoms. The zero-order valence-corrected chi connectivity index (χ0v) is 13.6. The monoisotopic (exact) mass is 280 g/mol. The Morgan fingerprint density at radius 2 is 1.85 bits per heavy atom. The molecule has 116 valence electrons. The first-order valence-electron chi connectivity index (χ1n) is 8.61. The lowest BCUT2D eigenvalue weighted by atomic mass is 9.75. The first kappa shape index (κ1) is 15.8. The van der Waals surface area contributed by atoms with Crippen molar-refractivity contribution in [3.8, 4) is 0 Å². The minimum absolute atomic E-state index is 0.0806. The molecule has 20 heavy (non-hydrogen) atoms. The van der Waals surface area contributed by atoms with Gasteiger partial charge in [0, 0.05) is 12.6 Å². The Hall–Kier alpha value is -0.570. The predicted octanol–water partition coefficient (Wildman–Crippen LogP) is 3.19. The van der Waals surface area contributed by atoms with Gasteiger partial charge in [-0.25, -0.2) is 0 Å². The molecule has 0 unspecified atom stereocenters. The van der Waals surface area contributed by atoms with Gasteiger partial charge in [-0.15, -0.1) is 0 Å². The fourth-order valence-electron chi connectivity index (χ4n) is 3.94. The van der Waals surface area contributed by atoms with E-state index in [4.69, 9.17) is 0 Å². The van der Waals surface area contributed by atoms with Crippen LogP contribution in [0.5, 0.6) is 0 Å². The van der Waals surface area contributed by atoms with Crippen LogP contribution in [-0.4, -0.2) is 36.5 Å². The van der Waals surface area contributed by atoms with Crippen LogP contribution in [0.4, 0.5) is 0 Å². The third-order valence-electron chi connectivity index (χ3n) is 5.28.